The average molecular weight is 399 g/mol. The molecule has 2 atom stereocenters. The van der Waals surface area contributed by atoms with E-state index in [0.29, 0.717) is 0 Å². The van der Waals surface area contributed by atoms with Gasteiger partial charge in [0.1, 0.15) is 0 Å². The third kappa shape index (κ3) is 4.62. The van der Waals surface area contributed by atoms with Gasteiger partial charge in [-0.05, 0) is 30.7 Å². The van der Waals surface area contributed by atoms with Gasteiger partial charge in [0.25, 0.3) is 0 Å². The van der Waals surface area contributed by atoms with Gasteiger partial charge in [-0.2, -0.15) is 0 Å². The summed E-state index contributed by atoms with van der Waals surface area (Å²) in [6.45, 7) is 1.63. The Morgan fingerprint density at radius 1 is 1.21 bits per heavy atom. The van der Waals surface area contributed by atoms with Crippen LogP contribution < -0.4 is 4.74 Å². The smallest absolute Gasteiger partial charge is 0.311 e. The highest BCUT2D eigenvalue weighted by Crippen LogP contribution is 2.29. The number of methoxy groups -OCH3 is 1. The molecule has 2 aromatic carbocycles. The number of halogens is 1. The zero-order valence-corrected chi connectivity index (χ0v) is 16.3. The normalized spacial score (nSPS) is 17.1. The van der Waals surface area contributed by atoms with Crippen LogP contribution in [0.25, 0.3) is 0 Å². The summed E-state index contributed by atoms with van der Waals surface area (Å²) < 4.78 is 23.6. The van der Waals surface area contributed by atoms with E-state index in [-0.39, 0.29) is 36.2 Å². The molecule has 1 fully saturated rings. The van der Waals surface area contributed by atoms with Crippen LogP contribution in [-0.2, 0) is 14.3 Å². The number of hydrogen-bond donors (Lipinski definition) is 0. The van der Waals surface area contributed by atoms with E-state index in [1.165, 1.54) is 19.2 Å². The number of benzene rings is 2. The number of rotatable bonds is 7. The lowest BCUT2D eigenvalue weighted by molar-refractivity contribution is -0.147. The second kappa shape index (κ2) is 8.86. The van der Waals surface area contributed by atoms with Crippen LogP contribution in [0.3, 0.4) is 0 Å². The van der Waals surface area contributed by atoms with Gasteiger partial charge in [-0.1, -0.05) is 30.3 Å². The first-order chi connectivity index (χ1) is 13.9. The first-order valence-corrected chi connectivity index (χ1v) is 9.28. The van der Waals surface area contributed by atoms with Crippen LogP contribution >= 0.6 is 0 Å². The second-order valence-electron chi connectivity index (χ2n) is 6.91. The van der Waals surface area contributed by atoms with Gasteiger partial charge in [0.2, 0.25) is 5.91 Å². The van der Waals surface area contributed by atoms with Crippen molar-refractivity contribution in [3.63, 3.8) is 0 Å². The van der Waals surface area contributed by atoms with Gasteiger partial charge in [-0.3, -0.25) is 14.4 Å². The summed E-state index contributed by atoms with van der Waals surface area (Å²) in [5.74, 6) is -2.55. The summed E-state index contributed by atoms with van der Waals surface area (Å²) in [6, 6.07) is 13.2. The summed E-state index contributed by atoms with van der Waals surface area (Å²) in [7, 11) is 1.33. The molecular weight excluding hydrogens is 377 g/mol. The SMILES string of the molecule is COc1ccc(C(=O)COC(=O)[C@@H]2CC(=O)N([C@@H](C)c3ccccc3)C2)cc1F. The number of carbonyl (C=O) groups is 3. The van der Waals surface area contributed by atoms with Gasteiger partial charge in [0, 0.05) is 18.5 Å². The Bertz CT molecular complexity index is 915. The summed E-state index contributed by atoms with van der Waals surface area (Å²) in [6.07, 6.45) is 0.0430. The highest BCUT2D eigenvalue weighted by atomic mass is 19.1. The lowest BCUT2D eigenvalue weighted by Gasteiger charge is -2.25. The molecule has 1 saturated heterocycles. The van der Waals surface area contributed by atoms with Crippen molar-refractivity contribution in [2.24, 2.45) is 5.92 Å². The van der Waals surface area contributed by atoms with Crippen LogP contribution in [0.2, 0.25) is 0 Å². The van der Waals surface area contributed by atoms with Crippen molar-refractivity contribution in [1.29, 1.82) is 0 Å². The monoisotopic (exact) mass is 399 g/mol. The Morgan fingerprint density at radius 3 is 2.59 bits per heavy atom. The quantitative estimate of drug-likeness (QED) is 0.528. The molecule has 0 aliphatic carbocycles. The van der Waals surface area contributed by atoms with Crippen LogP contribution in [-0.4, -0.2) is 42.8 Å². The molecule has 0 spiro atoms. The predicted molar refractivity (Wildman–Crippen MR) is 103 cm³/mol. The molecule has 0 saturated carbocycles. The summed E-state index contributed by atoms with van der Waals surface area (Å²) in [4.78, 5) is 38.5. The molecule has 1 amide bonds. The van der Waals surface area contributed by atoms with E-state index in [0.717, 1.165) is 11.6 Å². The van der Waals surface area contributed by atoms with Crippen molar-refractivity contribution in [2.75, 3.05) is 20.3 Å². The number of nitrogens with zero attached hydrogens (tertiary/aromatic N) is 1. The van der Waals surface area contributed by atoms with Gasteiger partial charge in [0.15, 0.2) is 24.0 Å². The van der Waals surface area contributed by atoms with E-state index in [9.17, 15) is 18.8 Å². The molecule has 1 aliphatic rings. The van der Waals surface area contributed by atoms with Crippen molar-refractivity contribution in [1.82, 2.24) is 4.90 Å². The topological polar surface area (TPSA) is 72.9 Å². The Balaban J connectivity index is 1.57. The highest BCUT2D eigenvalue weighted by Gasteiger charge is 2.38. The van der Waals surface area contributed by atoms with Crippen LogP contribution in [0.1, 0.15) is 35.3 Å². The first kappa shape index (κ1) is 20.5. The van der Waals surface area contributed by atoms with Gasteiger partial charge in [-0.15, -0.1) is 0 Å². The molecule has 29 heavy (non-hydrogen) atoms. The average Bonchev–Trinajstić information content (AvgIpc) is 3.13. The number of ether oxygens (including phenoxy) is 2. The van der Waals surface area contributed by atoms with Gasteiger partial charge >= 0.3 is 5.97 Å². The number of esters is 1. The molecule has 0 unspecified atom stereocenters. The Hall–Kier alpha value is -3.22. The molecule has 2 aromatic rings. The fraction of sp³-hybridized carbons (Fsp3) is 0.318. The Kier molecular flexibility index (Phi) is 6.26. The van der Waals surface area contributed by atoms with Crippen molar-refractivity contribution in [2.45, 2.75) is 19.4 Å². The standard InChI is InChI=1S/C22H22FNO5/c1-14(15-6-4-3-5-7-15)24-12-17(11-21(24)26)22(27)29-13-19(25)16-8-9-20(28-2)18(23)10-16/h3-10,14,17H,11-13H2,1-2H3/t14-,17+/m0/s1. The zero-order chi connectivity index (χ0) is 21.0. The maximum Gasteiger partial charge on any atom is 0.311 e. The van der Waals surface area contributed by atoms with E-state index < -0.39 is 30.1 Å². The van der Waals surface area contributed by atoms with E-state index >= 15 is 0 Å². The maximum absolute atomic E-state index is 13.7. The number of amides is 1. The maximum atomic E-state index is 13.7. The largest absolute Gasteiger partial charge is 0.494 e. The van der Waals surface area contributed by atoms with Crippen molar-refractivity contribution in [3.8, 4) is 5.75 Å². The first-order valence-electron chi connectivity index (χ1n) is 9.28. The lowest BCUT2D eigenvalue weighted by Crippen LogP contribution is -2.30. The van der Waals surface area contributed by atoms with E-state index in [1.54, 1.807) is 4.90 Å². The Labute approximate surface area is 168 Å². The summed E-state index contributed by atoms with van der Waals surface area (Å²) >= 11 is 0. The second-order valence-corrected chi connectivity index (χ2v) is 6.91. The lowest BCUT2D eigenvalue weighted by atomic mass is 10.1. The molecule has 1 aliphatic heterocycles. The van der Waals surface area contributed by atoms with Gasteiger partial charge in [-0.25, -0.2) is 4.39 Å². The molecule has 0 N–H and O–H groups in total. The van der Waals surface area contributed by atoms with Crippen molar-refractivity contribution in [3.05, 3.63) is 65.5 Å². The van der Waals surface area contributed by atoms with Crippen LogP contribution in [0, 0.1) is 11.7 Å². The summed E-state index contributed by atoms with van der Waals surface area (Å²) in [5.41, 5.74) is 1.06. The predicted octanol–water partition coefficient (Wildman–Crippen LogP) is 3.17. The number of carbonyl (C=O) groups excluding carboxylic acids is 3. The van der Waals surface area contributed by atoms with Crippen LogP contribution in [0.15, 0.2) is 48.5 Å². The van der Waals surface area contributed by atoms with E-state index in [2.05, 4.69) is 0 Å². The number of Topliss-reactive ketones (excluding diaryl/α,β-unsaturated/α-hetero) is 1. The van der Waals surface area contributed by atoms with Gasteiger partial charge in [0.05, 0.1) is 19.1 Å². The third-order valence-electron chi connectivity index (χ3n) is 5.06. The fourth-order valence-corrected chi connectivity index (χ4v) is 3.35. The molecular formula is C22H22FNO5. The minimum Gasteiger partial charge on any atom is -0.494 e. The van der Waals surface area contributed by atoms with E-state index in [4.69, 9.17) is 9.47 Å². The molecule has 6 nitrogen and oxygen atoms in total. The Morgan fingerprint density at radius 2 is 1.93 bits per heavy atom. The van der Waals surface area contributed by atoms with E-state index in [1.807, 2.05) is 37.3 Å². The third-order valence-corrected chi connectivity index (χ3v) is 5.06. The molecule has 3 rings (SSSR count). The van der Waals surface area contributed by atoms with Crippen LogP contribution in [0.4, 0.5) is 4.39 Å². The number of likely N-dealkylation sites (tertiary alicyclic amines) is 1. The van der Waals surface area contributed by atoms with Crippen LogP contribution in [0.5, 0.6) is 5.75 Å². The number of ketones is 1. The summed E-state index contributed by atoms with van der Waals surface area (Å²) in [5, 5.41) is 0. The molecule has 1 heterocycles. The zero-order valence-electron chi connectivity index (χ0n) is 16.3. The molecule has 7 heteroatoms. The fourth-order valence-electron chi connectivity index (χ4n) is 3.35. The van der Waals surface area contributed by atoms with Crippen molar-refractivity contribution < 1.29 is 28.2 Å². The minimum absolute atomic E-state index is 0.0237. The molecule has 0 radical (unpaired) electrons. The molecule has 0 bridgehead atoms. The highest BCUT2D eigenvalue weighted by molar-refractivity contribution is 5.98. The van der Waals surface area contributed by atoms with Gasteiger partial charge < -0.3 is 14.4 Å². The van der Waals surface area contributed by atoms with Crippen molar-refractivity contribution >= 4 is 17.7 Å². The number of hydrogen-bond acceptors (Lipinski definition) is 5. The molecule has 152 valence electrons. The molecule has 0 aromatic heterocycles. The minimum atomic E-state index is -0.670.